The van der Waals surface area contributed by atoms with Crippen LogP contribution in [-0.4, -0.2) is 17.5 Å². The van der Waals surface area contributed by atoms with Gasteiger partial charge in [0.1, 0.15) is 11.5 Å². The molecule has 0 saturated heterocycles. The fraction of sp³-hybridized carbons (Fsp3) is 0.906. The number of alkyl halides is 1. The molecule has 0 aromatic heterocycles. The predicted molar refractivity (Wildman–Crippen MR) is 147 cm³/mol. The van der Waals surface area contributed by atoms with Crippen molar-refractivity contribution in [2.75, 3.05) is 0 Å². The van der Waals surface area contributed by atoms with Crippen molar-refractivity contribution >= 4 is 17.6 Å². The zero-order chi connectivity index (χ0) is 25.5. The standard InChI is InChI=1S/C32H53ClO2/c1-8-23(20(2)3)10-9-21(4)27-13-14-28-26-12-11-24-19-25(35-30(34)22(5)33)15-17-31(24,6)29(26)16-18-32(27,28)7/h11,20-23,25-29H,8-10,12-19H2,1-7H3/t21?,22?,23?,25-,26-,27+,28-,29-,31-,32+/m0/s1. The molecular formula is C32H53ClO2. The molecule has 3 fully saturated rings. The molecule has 3 heteroatoms. The predicted octanol–water partition coefficient (Wildman–Crippen LogP) is 9.20. The molecule has 2 nitrogen and oxygen atoms in total. The molecule has 0 radical (unpaired) electrons. The SMILES string of the molecule is CCC(CCC(C)[C@H]1CC[C@H]2[C@@H]3CC=C4C[C@@H](OC(=O)C(C)Cl)CC[C@]4(C)[C@H]3CC[C@]12C)C(C)C. The number of ether oxygens (including phenoxy) is 1. The highest BCUT2D eigenvalue weighted by Gasteiger charge is 2.59. The molecule has 0 bridgehead atoms. The highest BCUT2D eigenvalue weighted by Crippen LogP contribution is 2.67. The summed E-state index contributed by atoms with van der Waals surface area (Å²) in [5.41, 5.74) is 2.41. The van der Waals surface area contributed by atoms with Crippen molar-refractivity contribution in [3.63, 3.8) is 0 Å². The molecule has 0 spiro atoms. The van der Waals surface area contributed by atoms with Crippen LogP contribution in [0.3, 0.4) is 0 Å². The summed E-state index contributed by atoms with van der Waals surface area (Å²) < 4.78 is 5.76. The van der Waals surface area contributed by atoms with Gasteiger partial charge in [-0.25, -0.2) is 0 Å². The molecule has 0 amide bonds. The van der Waals surface area contributed by atoms with E-state index >= 15 is 0 Å². The first-order valence-electron chi connectivity index (χ1n) is 15.0. The van der Waals surface area contributed by atoms with Crippen molar-refractivity contribution in [3.8, 4) is 0 Å². The highest BCUT2D eigenvalue weighted by molar-refractivity contribution is 6.29. The van der Waals surface area contributed by atoms with Gasteiger partial charge in [-0.15, -0.1) is 11.6 Å². The van der Waals surface area contributed by atoms with Crippen LogP contribution in [0.4, 0.5) is 0 Å². The van der Waals surface area contributed by atoms with Crippen molar-refractivity contribution < 1.29 is 9.53 Å². The summed E-state index contributed by atoms with van der Waals surface area (Å²) in [6, 6.07) is 0. The van der Waals surface area contributed by atoms with Crippen LogP contribution in [0.25, 0.3) is 0 Å². The highest BCUT2D eigenvalue weighted by atomic mass is 35.5. The second-order valence-corrected chi connectivity index (χ2v) is 14.5. The van der Waals surface area contributed by atoms with Crippen LogP contribution in [0.5, 0.6) is 0 Å². The number of carbonyl (C=O) groups is 1. The Morgan fingerprint density at radius 1 is 1.06 bits per heavy atom. The number of hydrogen-bond donors (Lipinski definition) is 0. The Labute approximate surface area is 221 Å². The van der Waals surface area contributed by atoms with Crippen LogP contribution >= 0.6 is 11.6 Å². The van der Waals surface area contributed by atoms with Gasteiger partial charge in [-0.2, -0.15) is 0 Å². The van der Waals surface area contributed by atoms with Gasteiger partial charge in [0.2, 0.25) is 0 Å². The number of fused-ring (bicyclic) bond motifs is 5. The van der Waals surface area contributed by atoms with E-state index in [-0.39, 0.29) is 12.1 Å². The lowest BCUT2D eigenvalue weighted by atomic mass is 9.47. The third kappa shape index (κ3) is 5.13. The molecule has 4 aliphatic carbocycles. The van der Waals surface area contributed by atoms with Gasteiger partial charge in [-0.1, -0.05) is 66.0 Å². The monoisotopic (exact) mass is 504 g/mol. The van der Waals surface area contributed by atoms with Gasteiger partial charge in [0.25, 0.3) is 0 Å². The van der Waals surface area contributed by atoms with Crippen LogP contribution in [0.2, 0.25) is 0 Å². The maximum Gasteiger partial charge on any atom is 0.324 e. The Morgan fingerprint density at radius 3 is 2.46 bits per heavy atom. The Kier molecular flexibility index (Phi) is 8.42. The van der Waals surface area contributed by atoms with E-state index in [4.69, 9.17) is 16.3 Å². The average molecular weight is 505 g/mol. The second kappa shape index (κ2) is 10.7. The average Bonchev–Trinajstić information content (AvgIpc) is 3.16. The van der Waals surface area contributed by atoms with Crippen molar-refractivity contribution in [1.29, 1.82) is 0 Å². The molecular weight excluding hydrogens is 452 g/mol. The number of carbonyl (C=O) groups excluding carboxylic acids is 1. The lowest BCUT2D eigenvalue weighted by molar-refractivity contribution is -0.150. The number of hydrogen-bond acceptors (Lipinski definition) is 2. The van der Waals surface area contributed by atoms with Crippen molar-refractivity contribution in [1.82, 2.24) is 0 Å². The summed E-state index contributed by atoms with van der Waals surface area (Å²) >= 11 is 5.97. The summed E-state index contributed by atoms with van der Waals surface area (Å²) in [6.07, 6.45) is 16.8. The first-order chi connectivity index (χ1) is 16.5. The van der Waals surface area contributed by atoms with Crippen LogP contribution in [-0.2, 0) is 9.53 Å². The summed E-state index contributed by atoms with van der Waals surface area (Å²) in [5, 5.41) is -0.556. The molecule has 200 valence electrons. The molecule has 0 aromatic rings. The summed E-state index contributed by atoms with van der Waals surface area (Å²) in [5.74, 6) is 5.76. The van der Waals surface area contributed by atoms with Gasteiger partial charge in [0.05, 0.1) is 0 Å². The number of rotatable bonds is 8. The minimum absolute atomic E-state index is 0.0166. The molecule has 0 heterocycles. The van der Waals surface area contributed by atoms with E-state index in [0.717, 1.165) is 60.7 Å². The van der Waals surface area contributed by atoms with Gasteiger partial charge in [-0.3, -0.25) is 4.79 Å². The van der Waals surface area contributed by atoms with Gasteiger partial charge in [0.15, 0.2) is 0 Å². The van der Waals surface area contributed by atoms with E-state index in [9.17, 15) is 4.79 Å². The first kappa shape index (κ1) is 27.5. The molecule has 0 aliphatic heterocycles. The largest absolute Gasteiger partial charge is 0.461 e. The van der Waals surface area contributed by atoms with Crippen molar-refractivity contribution in [3.05, 3.63) is 11.6 Å². The normalized spacial score (nSPS) is 41.3. The van der Waals surface area contributed by atoms with E-state index in [1.807, 2.05) is 0 Å². The first-order valence-corrected chi connectivity index (χ1v) is 15.5. The number of esters is 1. The molecule has 3 unspecified atom stereocenters. The van der Waals surface area contributed by atoms with Crippen molar-refractivity contribution in [2.24, 2.45) is 52.3 Å². The third-order valence-corrected chi connectivity index (χ3v) is 12.1. The third-order valence-electron chi connectivity index (χ3n) is 11.9. The van der Waals surface area contributed by atoms with Gasteiger partial charge in [-0.05, 0) is 111 Å². The van der Waals surface area contributed by atoms with Gasteiger partial charge >= 0.3 is 5.97 Å². The Balaban J connectivity index is 1.44. The molecule has 10 atom stereocenters. The zero-order valence-electron chi connectivity index (χ0n) is 23.7. The van der Waals surface area contributed by atoms with E-state index < -0.39 is 5.38 Å². The van der Waals surface area contributed by atoms with Crippen LogP contribution in [0.1, 0.15) is 119 Å². The lowest BCUT2D eigenvalue weighted by Gasteiger charge is -2.58. The van der Waals surface area contributed by atoms with E-state index in [1.165, 1.54) is 51.4 Å². The van der Waals surface area contributed by atoms with Crippen molar-refractivity contribution in [2.45, 2.75) is 131 Å². The lowest BCUT2D eigenvalue weighted by Crippen LogP contribution is -2.51. The summed E-state index contributed by atoms with van der Waals surface area (Å²) in [7, 11) is 0. The Morgan fingerprint density at radius 2 is 1.80 bits per heavy atom. The minimum Gasteiger partial charge on any atom is -0.461 e. The Hall–Kier alpha value is -0.500. The fourth-order valence-corrected chi connectivity index (χ4v) is 9.70. The molecule has 35 heavy (non-hydrogen) atoms. The smallest absolute Gasteiger partial charge is 0.324 e. The number of halogens is 1. The second-order valence-electron chi connectivity index (χ2n) is 13.9. The number of allylic oxidation sites excluding steroid dienone is 1. The van der Waals surface area contributed by atoms with E-state index in [1.54, 1.807) is 12.5 Å². The molecule has 0 aromatic carbocycles. The van der Waals surface area contributed by atoms with Crippen LogP contribution in [0.15, 0.2) is 11.6 Å². The summed E-state index contributed by atoms with van der Waals surface area (Å²) in [4.78, 5) is 12.1. The van der Waals surface area contributed by atoms with E-state index in [0.29, 0.717) is 10.8 Å². The van der Waals surface area contributed by atoms with Gasteiger partial charge < -0.3 is 4.74 Å². The minimum atomic E-state index is -0.556. The molecule has 4 rings (SSSR count). The van der Waals surface area contributed by atoms with Gasteiger partial charge in [0, 0.05) is 6.42 Å². The maximum absolute atomic E-state index is 12.1. The summed E-state index contributed by atoms with van der Waals surface area (Å²) in [6.45, 7) is 16.7. The topological polar surface area (TPSA) is 26.3 Å². The molecule has 3 saturated carbocycles. The zero-order valence-corrected chi connectivity index (χ0v) is 24.5. The molecule has 4 aliphatic rings. The Bertz CT molecular complexity index is 786. The fourth-order valence-electron chi connectivity index (χ4n) is 9.65. The van der Waals surface area contributed by atoms with E-state index in [2.05, 4.69) is 47.6 Å². The quantitative estimate of drug-likeness (QED) is 0.187. The van der Waals surface area contributed by atoms with Crippen LogP contribution < -0.4 is 0 Å². The maximum atomic E-state index is 12.1. The molecule has 0 N–H and O–H groups in total. The van der Waals surface area contributed by atoms with Crippen LogP contribution in [0, 0.1) is 52.3 Å².